The van der Waals surface area contributed by atoms with Crippen LogP contribution in [-0.2, 0) is 0 Å². The third-order valence-electron chi connectivity index (χ3n) is 6.22. The van der Waals surface area contributed by atoms with Gasteiger partial charge in [-0.3, -0.25) is 0 Å². The SMILES string of the molecule is CN1CCNC(CNC23CC4CC(CC(C4)C2)C3)C1. The molecule has 2 N–H and O–H groups in total. The van der Waals surface area contributed by atoms with Crippen LogP contribution in [0.2, 0.25) is 0 Å². The largest absolute Gasteiger partial charge is 0.310 e. The summed E-state index contributed by atoms with van der Waals surface area (Å²) in [5.41, 5.74) is 0.534. The smallest absolute Gasteiger partial charge is 0.0320 e. The zero-order valence-electron chi connectivity index (χ0n) is 12.3. The van der Waals surface area contributed by atoms with Crippen molar-refractivity contribution in [3.05, 3.63) is 0 Å². The summed E-state index contributed by atoms with van der Waals surface area (Å²) in [4.78, 5) is 2.46. The van der Waals surface area contributed by atoms with Crippen LogP contribution in [-0.4, -0.2) is 49.7 Å². The van der Waals surface area contributed by atoms with Crippen molar-refractivity contribution in [2.24, 2.45) is 17.8 Å². The van der Waals surface area contributed by atoms with Gasteiger partial charge in [-0.05, 0) is 63.3 Å². The fourth-order valence-electron chi connectivity index (χ4n) is 5.80. The van der Waals surface area contributed by atoms with E-state index in [1.54, 1.807) is 19.3 Å². The Morgan fingerprint density at radius 1 is 1.11 bits per heavy atom. The predicted octanol–water partition coefficient (Wildman–Crippen LogP) is 1.45. The highest BCUT2D eigenvalue weighted by Crippen LogP contribution is 2.55. The molecule has 1 aliphatic heterocycles. The van der Waals surface area contributed by atoms with E-state index >= 15 is 0 Å². The summed E-state index contributed by atoms with van der Waals surface area (Å²) < 4.78 is 0. The van der Waals surface area contributed by atoms with Gasteiger partial charge in [0, 0.05) is 37.8 Å². The zero-order valence-corrected chi connectivity index (χ0v) is 12.3. The second-order valence-corrected chi connectivity index (χ2v) is 7.99. The Hall–Kier alpha value is -0.120. The van der Waals surface area contributed by atoms with Gasteiger partial charge in [0.05, 0.1) is 0 Å². The van der Waals surface area contributed by atoms with Crippen LogP contribution in [0.4, 0.5) is 0 Å². The Morgan fingerprint density at radius 3 is 2.32 bits per heavy atom. The standard InChI is InChI=1S/C16H29N3/c1-19-3-2-17-15(11-19)10-18-16-7-12-4-13(8-16)6-14(5-12)9-16/h12-15,17-18H,2-11H2,1H3. The molecule has 0 spiro atoms. The molecule has 0 aromatic heterocycles. The highest BCUT2D eigenvalue weighted by atomic mass is 15.2. The van der Waals surface area contributed by atoms with Gasteiger partial charge in [0.2, 0.25) is 0 Å². The molecule has 1 saturated heterocycles. The van der Waals surface area contributed by atoms with Crippen LogP contribution < -0.4 is 10.6 Å². The first-order valence-electron chi connectivity index (χ1n) is 8.38. The molecule has 0 radical (unpaired) electrons. The van der Waals surface area contributed by atoms with E-state index < -0.39 is 0 Å². The predicted molar refractivity (Wildman–Crippen MR) is 78.2 cm³/mol. The first-order valence-corrected chi connectivity index (χ1v) is 8.38. The van der Waals surface area contributed by atoms with E-state index in [1.807, 2.05) is 0 Å². The van der Waals surface area contributed by atoms with E-state index in [0.29, 0.717) is 11.6 Å². The average molecular weight is 263 g/mol. The number of likely N-dealkylation sites (N-methyl/N-ethyl adjacent to an activating group) is 1. The average Bonchev–Trinajstić information content (AvgIpc) is 2.35. The fraction of sp³-hybridized carbons (Fsp3) is 1.00. The molecule has 0 aromatic carbocycles. The number of rotatable bonds is 3. The van der Waals surface area contributed by atoms with Gasteiger partial charge in [0.1, 0.15) is 0 Å². The summed E-state index contributed by atoms with van der Waals surface area (Å²) in [6.45, 7) is 4.74. The highest BCUT2D eigenvalue weighted by Gasteiger charge is 2.50. The minimum absolute atomic E-state index is 0.534. The zero-order chi connectivity index (χ0) is 12.9. The van der Waals surface area contributed by atoms with Crippen molar-refractivity contribution >= 4 is 0 Å². The normalized spacial score (nSPS) is 49.7. The molecule has 0 aromatic rings. The molecule has 3 nitrogen and oxygen atoms in total. The molecule has 5 aliphatic rings. The maximum Gasteiger partial charge on any atom is 0.0320 e. The minimum atomic E-state index is 0.534. The lowest BCUT2D eigenvalue weighted by atomic mass is 9.53. The van der Waals surface area contributed by atoms with Crippen molar-refractivity contribution in [2.45, 2.75) is 50.1 Å². The molecule has 4 bridgehead atoms. The van der Waals surface area contributed by atoms with Crippen LogP contribution in [0.25, 0.3) is 0 Å². The number of nitrogens with zero attached hydrogens (tertiary/aromatic N) is 1. The molecule has 108 valence electrons. The van der Waals surface area contributed by atoms with E-state index in [4.69, 9.17) is 0 Å². The molecule has 4 saturated carbocycles. The second kappa shape index (κ2) is 4.71. The van der Waals surface area contributed by atoms with E-state index in [0.717, 1.165) is 24.3 Å². The molecule has 1 heterocycles. The number of nitrogens with one attached hydrogen (secondary N) is 2. The lowest BCUT2D eigenvalue weighted by molar-refractivity contribution is -0.0212. The summed E-state index contributed by atoms with van der Waals surface area (Å²) in [7, 11) is 2.25. The Labute approximate surface area is 117 Å². The number of piperazine rings is 1. The Balaban J connectivity index is 1.37. The van der Waals surface area contributed by atoms with Crippen LogP contribution >= 0.6 is 0 Å². The lowest BCUT2D eigenvalue weighted by Crippen LogP contribution is -2.62. The van der Waals surface area contributed by atoms with E-state index in [1.165, 1.54) is 38.9 Å². The van der Waals surface area contributed by atoms with Gasteiger partial charge in [0.15, 0.2) is 0 Å². The molecule has 4 aliphatic carbocycles. The Bertz CT molecular complexity index is 306. The van der Waals surface area contributed by atoms with Crippen molar-refractivity contribution < 1.29 is 0 Å². The third-order valence-corrected chi connectivity index (χ3v) is 6.22. The summed E-state index contributed by atoms with van der Waals surface area (Å²) in [5, 5.41) is 7.71. The topological polar surface area (TPSA) is 27.3 Å². The van der Waals surface area contributed by atoms with Crippen LogP contribution in [0, 0.1) is 17.8 Å². The van der Waals surface area contributed by atoms with Crippen molar-refractivity contribution in [1.82, 2.24) is 15.5 Å². The molecule has 3 heteroatoms. The molecule has 5 fully saturated rings. The molecule has 1 atom stereocenters. The van der Waals surface area contributed by atoms with Gasteiger partial charge in [-0.2, -0.15) is 0 Å². The molecular weight excluding hydrogens is 234 g/mol. The van der Waals surface area contributed by atoms with Crippen LogP contribution in [0.3, 0.4) is 0 Å². The van der Waals surface area contributed by atoms with Crippen LogP contribution in [0.5, 0.6) is 0 Å². The van der Waals surface area contributed by atoms with Crippen LogP contribution in [0.1, 0.15) is 38.5 Å². The van der Waals surface area contributed by atoms with Gasteiger partial charge in [-0.15, -0.1) is 0 Å². The number of hydrogen-bond acceptors (Lipinski definition) is 3. The highest BCUT2D eigenvalue weighted by molar-refractivity contribution is 5.06. The monoisotopic (exact) mass is 263 g/mol. The lowest BCUT2D eigenvalue weighted by Gasteiger charge is -2.57. The summed E-state index contributed by atoms with van der Waals surface area (Å²) in [6, 6.07) is 0.659. The Morgan fingerprint density at radius 2 is 1.74 bits per heavy atom. The second-order valence-electron chi connectivity index (χ2n) is 7.99. The molecule has 1 unspecified atom stereocenters. The molecular formula is C16H29N3. The third kappa shape index (κ3) is 2.45. The fourth-order valence-corrected chi connectivity index (χ4v) is 5.80. The molecule has 0 amide bonds. The first-order chi connectivity index (χ1) is 9.21. The van der Waals surface area contributed by atoms with Gasteiger partial charge < -0.3 is 15.5 Å². The first kappa shape index (κ1) is 12.6. The maximum absolute atomic E-state index is 4.03. The van der Waals surface area contributed by atoms with Crippen molar-refractivity contribution in [2.75, 3.05) is 33.2 Å². The van der Waals surface area contributed by atoms with Gasteiger partial charge in [-0.25, -0.2) is 0 Å². The van der Waals surface area contributed by atoms with E-state index in [9.17, 15) is 0 Å². The van der Waals surface area contributed by atoms with Gasteiger partial charge in [-0.1, -0.05) is 0 Å². The van der Waals surface area contributed by atoms with E-state index in [-0.39, 0.29) is 0 Å². The quantitative estimate of drug-likeness (QED) is 0.807. The summed E-state index contributed by atoms with van der Waals surface area (Å²) >= 11 is 0. The van der Waals surface area contributed by atoms with Crippen LogP contribution in [0.15, 0.2) is 0 Å². The molecule has 5 rings (SSSR count). The summed E-state index contributed by atoms with van der Waals surface area (Å²) in [6.07, 6.45) is 9.06. The van der Waals surface area contributed by atoms with Gasteiger partial charge >= 0.3 is 0 Å². The number of hydrogen-bond donors (Lipinski definition) is 2. The van der Waals surface area contributed by atoms with Gasteiger partial charge in [0.25, 0.3) is 0 Å². The van der Waals surface area contributed by atoms with Crippen molar-refractivity contribution in [1.29, 1.82) is 0 Å². The summed E-state index contributed by atoms with van der Waals surface area (Å²) in [5.74, 6) is 3.17. The Kier molecular flexibility index (Phi) is 3.13. The van der Waals surface area contributed by atoms with Crippen molar-refractivity contribution in [3.8, 4) is 0 Å². The van der Waals surface area contributed by atoms with Crippen molar-refractivity contribution in [3.63, 3.8) is 0 Å². The minimum Gasteiger partial charge on any atom is -0.310 e. The molecule has 19 heavy (non-hydrogen) atoms. The van der Waals surface area contributed by atoms with E-state index in [2.05, 4.69) is 22.6 Å². The maximum atomic E-state index is 4.03.